The van der Waals surface area contributed by atoms with Gasteiger partial charge in [-0.3, -0.25) is 4.79 Å². The van der Waals surface area contributed by atoms with Crippen LogP contribution in [0.15, 0.2) is 18.2 Å². The van der Waals surface area contributed by atoms with Gasteiger partial charge in [0.05, 0.1) is 0 Å². The molecule has 17 heavy (non-hydrogen) atoms. The van der Waals surface area contributed by atoms with Gasteiger partial charge in [0.15, 0.2) is 5.78 Å². The first-order valence-corrected chi connectivity index (χ1v) is 6.71. The van der Waals surface area contributed by atoms with Gasteiger partial charge in [-0.05, 0) is 55.8 Å². The van der Waals surface area contributed by atoms with E-state index >= 15 is 0 Å². The molecule has 1 N–H and O–H groups in total. The molecule has 2 heteroatoms. The number of Topliss-reactive ketones (excluding diaryl/α,β-unsaturated/α-hetero) is 1. The number of hydrogen-bond donors (Lipinski definition) is 1. The zero-order valence-electron chi connectivity index (χ0n) is 10.2. The van der Waals surface area contributed by atoms with E-state index in [4.69, 9.17) is 0 Å². The molecule has 1 aromatic carbocycles. The Labute approximate surface area is 102 Å². The molecule has 0 bridgehead atoms. The summed E-state index contributed by atoms with van der Waals surface area (Å²) in [6.45, 7) is 1.07. The van der Waals surface area contributed by atoms with E-state index in [9.17, 15) is 4.79 Å². The highest BCUT2D eigenvalue weighted by atomic mass is 16.1. The van der Waals surface area contributed by atoms with E-state index in [0.29, 0.717) is 18.2 Å². The van der Waals surface area contributed by atoms with Gasteiger partial charge >= 0.3 is 0 Å². The molecule has 0 spiro atoms. The van der Waals surface area contributed by atoms with Gasteiger partial charge in [-0.15, -0.1) is 0 Å². The predicted molar refractivity (Wildman–Crippen MR) is 68.4 cm³/mol. The first kappa shape index (κ1) is 11.0. The SMILES string of the molecule is O=C(CC1CCCN1)c1ccc2c(c1)CCC2. The van der Waals surface area contributed by atoms with Crippen LogP contribution in [0, 0.1) is 0 Å². The second kappa shape index (κ2) is 4.61. The normalized spacial score (nSPS) is 22.7. The molecular weight excluding hydrogens is 210 g/mol. The molecule has 0 aromatic heterocycles. The highest BCUT2D eigenvalue weighted by molar-refractivity contribution is 5.96. The van der Waals surface area contributed by atoms with Crippen LogP contribution in [0.3, 0.4) is 0 Å². The first-order chi connectivity index (χ1) is 8.33. The van der Waals surface area contributed by atoms with Gasteiger partial charge in [0.2, 0.25) is 0 Å². The third-order valence-electron chi connectivity index (χ3n) is 4.01. The van der Waals surface area contributed by atoms with E-state index in [1.165, 1.54) is 30.4 Å². The summed E-state index contributed by atoms with van der Waals surface area (Å²) in [6.07, 6.45) is 6.61. The molecular formula is C15H19NO. The maximum Gasteiger partial charge on any atom is 0.164 e. The second-order valence-corrected chi connectivity index (χ2v) is 5.26. The first-order valence-electron chi connectivity index (χ1n) is 6.71. The smallest absolute Gasteiger partial charge is 0.164 e. The number of nitrogens with one attached hydrogen (secondary N) is 1. The Balaban J connectivity index is 1.72. The van der Waals surface area contributed by atoms with Gasteiger partial charge in [0, 0.05) is 18.0 Å². The summed E-state index contributed by atoms with van der Waals surface area (Å²) >= 11 is 0. The molecule has 2 nitrogen and oxygen atoms in total. The van der Waals surface area contributed by atoms with Crippen LogP contribution in [0.25, 0.3) is 0 Å². The average molecular weight is 229 g/mol. The number of fused-ring (bicyclic) bond motifs is 1. The fourth-order valence-corrected chi connectivity index (χ4v) is 3.02. The zero-order chi connectivity index (χ0) is 11.7. The lowest BCUT2D eigenvalue weighted by atomic mass is 9.99. The second-order valence-electron chi connectivity index (χ2n) is 5.26. The van der Waals surface area contributed by atoms with Gasteiger partial charge in [-0.1, -0.05) is 12.1 Å². The summed E-state index contributed by atoms with van der Waals surface area (Å²) in [4.78, 5) is 12.2. The molecule has 0 radical (unpaired) electrons. The van der Waals surface area contributed by atoms with Crippen LogP contribution in [-0.2, 0) is 12.8 Å². The van der Waals surface area contributed by atoms with Gasteiger partial charge < -0.3 is 5.32 Å². The van der Waals surface area contributed by atoms with Crippen LogP contribution >= 0.6 is 0 Å². The minimum Gasteiger partial charge on any atom is -0.314 e. The lowest BCUT2D eigenvalue weighted by molar-refractivity contribution is 0.0971. The minimum atomic E-state index is 0.305. The standard InChI is InChI=1S/C15H19NO/c17-15(10-14-5-2-8-16-14)13-7-6-11-3-1-4-12(11)9-13/h6-7,9,14,16H,1-5,8,10H2. The number of aryl methyl sites for hydroxylation is 2. The number of carbonyl (C=O) groups is 1. The van der Waals surface area contributed by atoms with E-state index in [-0.39, 0.29) is 0 Å². The van der Waals surface area contributed by atoms with E-state index in [2.05, 4.69) is 17.4 Å². The van der Waals surface area contributed by atoms with Crippen molar-refractivity contribution in [1.29, 1.82) is 0 Å². The number of rotatable bonds is 3. The Morgan fingerprint density at radius 3 is 2.94 bits per heavy atom. The van der Waals surface area contributed by atoms with Crippen molar-refractivity contribution in [2.75, 3.05) is 6.54 Å². The van der Waals surface area contributed by atoms with Crippen molar-refractivity contribution in [3.05, 3.63) is 34.9 Å². The monoisotopic (exact) mass is 229 g/mol. The fraction of sp³-hybridized carbons (Fsp3) is 0.533. The Hall–Kier alpha value is -1.15. The van der Waals surface area contributed by atoms with Gasteiger partial charge in [-0.25, -0.2) is 0 Å². The molecule has 1 unspecified atom stereocenters. The van der Waals surface area contributed by atoms with Crippen LogP contribution in [0.1, 0.15) is 47.2 Å². The summed E-state index contributed by atoms with van der Waals surface area (Å²) in [5, 5.41) is 3.39. The van der Waals surface area contributed by atoms with Crippen LogP contribution in [0.2, 0.25) is 0 Å². The summed E-state index contributed by atoms with van der Waals surface area (Å²) in [5.74, 6) is 0.305. The van der Waals surface area contributed by atoms with Crippen molar-refractivity contribution in [3.63, 3.8) is 0 Å². The van der Waals surface area contributed by atoms with Crippen LogP contribution in [0.4, 0.5) is 0 Å². The van der Waals surface area contributed by atoms with Crippen LogP contribution in [0.5, 0.6) is 0 Å². The Morgan fingerprint density at radius 2 is 2.12 bits per heavy atom. The molecule has 90 valence electrons. The molecule has 1 aliphatic carbocycles. The summed E-state index contributed by atoms with van der Waals surface area (Å²) in [5.41, 5.74) is 3.76. The van der Waals surface area contributed by atoms with E-state index in [1.54, 1.807) is 0 Å². The molecule has 1 saturated heterocycles. The van der Waals surface area contributed by atoms with Crippen molar-refractivity contribution >= 4 is 5.78 Å². The van der Waals surface area contributed by atoms with Crippen molar-refractivity contribution in [3.8, 4) is 0 Å². The number of benzene rings is 1. The topological polar surface area (TPSA) is 29.1 Å². The Kier molecular flexibility index (Phi) is 2.98. The molecule has 1 aliphatic heterocycles. The van der Waals surface area contributed by atoms with Gasteiger partial charge in [0.1, 0.15) is 0 Å². The van der Waals surface area contributed by atoms with Crippen molar-refractivity contribution < 1.29 is 4.79 Å². The average Bonchev–Trinajstić information content (AvgIpc) is 2.97. The van der Waals surface area contributed by atoms with E-state index in [0.717, 1.165) is 24.9 Å². The largest absolute Gasteiger partial charge is 0.314 e. The predicted octanol–water partition coefficient (Wildman–Crippen LogP) is 2.50. The van der Waals surface area contributed by atoms with Crippen molar-refractivity contribution in [2.45, 2.75) is 44.6 Å². The summed E-state index contributed by atoms with van der Waals surface area (Å²) < 4.78 is 0. The lowest BCUT2D eigenvalue weighted by Gasteiger charge is -2.09. The number of ketones is 1. The van der Waals surface area contributed by atoms with Gasteiger partial charge in [-0.2, -0.15) is 0 Å². The highest BCUT2D eigenvalue weighted by Gasteiger charge is 2.19. The quantitative estimate of drug-likeness (QED) is 0.807. The number of carbonyl (C=O) groups excluding carboxylic acids is 1. The summed E-state index contributed by atoms with van der Waals surface area (Å²) in [6, 6.07) is 6.70. The number of hydrogen-bond acceptors (Lipinski definition) is 2. The zero-order valence-corrected chi connectivity index (χ0v) is 10.2. The Bertz CT molecular complexity index is 433. The molecule has 0 saturated carbocycles. The summed E-state index contributed by atoms with van der Waals surface area (Å²) in [7, 11) is 0. The minimum absolute atomic E-state index is 0.305. The van der Waals surface area contributed by atoms with E-state index in [1.807, 2.05) is 6.07 Å². The Morgan fingerprint density at radius 1 is 1.24 bits per heavy atom. The maximum atomic E-state index is 12.2. The molecule has 2 aliphatic rings. The molecule has 3 rings (SSSR count). The molecule has 1 fully saturated rings. The molecule has 0 amide bonds. The maximum absolute atomic E-state index is 12.2. The third-order valence-corrected chi connectivity index (χ3v) is 4.01. The fourth-order valence-electron chi connectivity index (χ4n) is 3.02. The lowest BCUT2D eigenvalue weighted by Crippen LogP contribution is -2.24. The van der Waals surface area contributed by atoms with Crippen molar-refractivity contribution in [2.24, 2.45) is 0 Å². The molecule has 1 atom stereocenters. The third kappa shape index (κ3) is 2.27. The van der Waals surface area contributed by atoms with Crippen LogP contribution < -0.4 is 5.32 Å². The van der Waals surface area contributed by atoms with E-state index < -0.39 is 0 Å². The van der Waals surface area contributed by atoms with Crippen LogP contribution in [-0.4, -0.2) is 18.4 Å². The molecule has 1 aromatic rings. The highest BCUT2D eigenvalue weighted by Crippen LogP contribution is 2.24. The molecule has 1 heterocycles. The van der Waals surface area contributed by atoms with Crippen molar-refractivity contribution in [1.82, 2.24) is 5.32 Å². The van der Waals surface area contributed by atoms with Gasteiger partial charge in [0.25, 0.3) is 0 Å².